The number of amides is 1. The summed E-state index contributed by atoms with van der Waals surface area (Å²) in [5, 5.41) is 3.20. The summed E-state index contributed by atoms with van der Waals surface area (Å²) >= 11 is 6.03. The number of hydrogen-bond donors (Lipinski definition) is 2. The van der Waals surface area contributed by atoms with Crippen LogP contribution in [0.2, 0.25) is 5.02 Å². The van der Waals surface area contributed by atoms with Crippen LogP contribution in [0, 0.1) is 0 Å². The summed E-state index contributed by atoms with van der Waals surface area (Å²) < 4.78 is 32.0. The van der Waals surface area contributed by atoms with Crippen LogP contribution in [0.15, 0.2) is 53.4 Å². The maximum Gasteiger partial charge on any atom is 0.241 e. The van der Waals surface area contributed by atoms with E-state index in [0.29, 0.717) is 10.8 Å². The zero-order valence-corrected chi connectivity index (χ0v) is 15.4. The van der Waals surface area contributed by atoms with Crippen LogP contribution in [-0.2, 0) is 21.4 Å². The second kappa shape index (κ2) is 8.33. The van der Waals surface area contributed by atoms with E-state index in [2.05, 4.69) is 10.0 Å². The zero-order chi connectivity index (χ0) is 18.4. The number of rotatable bonds is 7. The Morgan fingerprint density at radius 3 is 2.40 bits per heavy atom. The standard InChI is InChI=1S/C17H19ClN2O4S/c1-12(17(21)19-11-13-5-3-4-6-16(13)18)20-25(22,23)15-9-7-14(24-2)8-10-15/h3-10,12,20H,11H2,1-2H3,(H,19,21)/t12-/m1/s1. The first-order chi connectivity index (χ1) is 11.8. The topological polar surface area (TPSA) is 84.5 Å². The van der Waals surface area contributed by atoms with Gasteiger partial charge in [-0.3, -0.25) is 4.79 Å². The van der Waals surface area contributed by atoms with E-state index in [1.807, 2.05) is 6.07 Å². The van der Waals surface area contributed by atoms with Crippen molar-refractivity contribution in [2.75, 3.05) is 7.11 Å². The third-order valence-corrected chi connectivity index (χ3v) is 5.43. The van der Waals surface area contributed by atoms with E-state index in [1.54, 1.807) is 18.2 Å². The van der Waals surface area contributed by atoms with Gasteiger partial charge in [0.15, 0.2) is 0 Å². The van der Waals surface area contributed by atoms with Crippen molar-refractivity contribution < 1.29 is 17.9 Å². The number of nitrogens with one attached hydrogen (secondary N) is 2. The van der Waals surface area contributed by atoms with Crippen molar-refractivity contribution in [3.8, 4) is 5.75 Å². The minimum Gasteiger partial charge on any atom is -0.497 e. The molecule has 2 N–H and O–H groups in total. The molecule has 0 aromatic heterocycles. The van der Waals surface area contributed by atoms with E-state index in [1.165, 1.54) is 38.3 Å². The van der Waals surface area contributed by atoms with Gasteiger partial charge in [-0.05, 0) is 42.8 Å². The normalized spacial score (nSPS) is 12.4. The van der Waals surface area contributed by atoms with Gasteiger partial charge in [0.2, 0.25) is 15.9 Å². The number of methoxy groups -OCH3 is 1. The van der Waals surface area contributed by atoms with Gasteiger partial charge in [0, 0.05) is 11.6 Å². The molecular weight excluding hydrogens is 364 g/mol. The molecule has 2 aromatic rings. The van der Waals surface area contributed by atoms with E-state index < -0.39 is 22.0 Å². The van der Waals surface area contributed by atoms with Crippen LogP contribution < -0.4 is 14.8 Å². The average Bonchev–Trinajstić information content (AvgIpc) is 2.60. The summed E-state index contributed by atoms with van der Waals surface area (Å²) in [5.41, 5.74) is 0.753. The van der Waals surface area contributed by atoms with Crippen LogP contribution in [0.3, 0.4) is 0 Å². The van der Waals surface area contributed by atoms with Crippen LogP contribution in [-0.4, -0.2) is 27.5 Å². The quantitative estimate of drug-likeness (QED) is 0.769. The Kier molecular flexibility index (Phi) is 6.41. The fourth-order valence-electron chi connectivity index (χ4n) is 2.09. The molecule has 1 amide bonds. The summed E-state index contributed by atoms with van der Waals surface area (Å²) in [7, 11) is -2.32. The van der Waals surface area contributed by atoms with Gasteiger partial charge in [-0.25, -0.2) is 8.42 Å². The second-order valence-corrected chi connectivity index (χ2v) is 7.45. The lowest BCUT2D eigenvalue weighted by molar-refractivity contribution is -0.122. The molecule has 0 saturated carbocycles. The van der Waals surface area contributed by atoms with Crippen molar-refractivity contribution in [1.29, 1.82) is 0 Å². The SMILES string of the molecule is COc1ccc(S(=O)(=O)N[C@H](C)C(=O)NCc2ccccc2Cl)cc1. The lowest BCUT2D eigenvalue weighted by atomic mass is 10.2. The van der Waals surface area contributed by atoms with Crippen LogP contribution in [0.4, 0.5) is 0 Å². The van der Waals surface area contributed by atoms with Crippen LogP contribution in [0.25, 0.3) is 0 Å². The highest BCUT2D eigenvalue weighted by Gasteiger charge is 2.22. The molecule has 0 aliphatic carbocycles. The van der Waals surface area contributed by atoms with Gasteiger partial charge in [0.25, 0.3) is 0 Å². The summed E-state index contributed by atoms with van der Waals surface area (Å²) in [6.45, 7) is 1.69. The third kappa shape index (κ3) is 5.19. The molecule has 2 aromatic carbocycles. The number of carbonyl (C=O) groups is 1. The number of halogens is 1. The molecule has 0 radical (unpaired) electrons. The predicted molar refractivity (Wildman–Crippen MR) is 96.1 cm³/mol. The fraction of sp³-hybridized carbons (Fsp3) is 0.235. The lowest BCUT2D eigenvalue weighted by Gasteiger charge is -2.15. The number of ether oxygens (including phenoxy) is 1. The first kappa shape index (κ1) is 19.2. The van der Waals surface area contributed by atoms with Gasteiger partial charge >= 0.3 is 0 Å². The van der Waals surface area contributed by atoms with E-state index in [-0.39, 0.29) is 11.4 Å². The molecule has 1 atom stereocenters. The molecule has 0 aliphatic heterocycles. The smallest absolute Gasteiger partial charge is 0.241 e. The van der Waals surface area contributed by atoms with Crippen molar-refractivity contribution in [2.45, 2.75) is 24.4 Å². The Bertz CT molecular complexity index is 838. The largest absolute Gasteiger partial charge is 0.497 e. The molecule has 134 valence electrons. The molecule has 6 nitrogen and oxygen atoms in total. The van der Waals surface area contributed by atoms with Gasteiger partial charge in [-0.1, -0.05) is 29.8 Å². The van der Waals surface area contributed by atoms with Gasteiger partial charge in [0.1, 0.15) is 5.75 Å². The molecule has 0 aliphatic rings. The number of benzene rings is 2. The molecular formula is C17H19ClN2O4S. The maximum absolute atomic E-state index is 12.3. The summed E-state index contributed by atoms with van der Waals surface area (Å²) in [5.74, 6) is 0.0986. The van der Waals surface area contributed by atoms with Gasteiger partial charge in [-0.15, -0.1) is 0 Å². The minimum absolute atomic E-state index is 0.0547. The monoisotopic (exact) mass is 382 g/mol. The first-order valence-electron chi connectivity index (χ1n) is 7.51. The number of hydrogen-bond acceptors (Lipinski definition) is 4. The molecule has 0 fully saturated rings. The molecule has 25 heavy (non-hydrogen) atoms. The molecule has 0 saturated heterocycles. The van der Waals surface area contributed by atoms with E-state index in [4.69, 9.17) is 16.3 Å². The van der Waals surface area contributed by atoms with Gasteiger partial charge < -0.3 is 10.1 Å². The van der Waals surface area contributed by atoms with Crippen LogP contribution in [0.5, 0.6) is 5.75 Å². The molecule has 0 bridgehead atoms. The van der Waals surface area contributed by atoms with E-state index >= 15 is 0 Å². The summed E-state index contributed by atoms with van der Waals surface area (Å²) in [6, 6.07) is 12.1. The Hall–Kier alpha value is -2.09. The zero-order valence-electron chi connectivity index (χ0n) is 13.8. The molecule has 8 heteroatoms. The fourth-order valence-corrected chi connectivity index (χ4v) is 3.49. The van der Waals surface area contributed by atoms with E-state index in [9.17, 15) is 13.2 Å². The van der Waals surface area contributed by atoms with Crippen LogP contribution >= 0.6 is 11.6 Å². The van der Waals surface area contributed by atoms with Crippen LogP contribution in [0.1, 0.15) is 12.5 Å². The average molecular weight is 383 g/mol. The van der Waals surface area contributed by atoms with Crippen molar-refractivity contribution in [2.24, 2.45) is 0 Å². The summed E-state index contributed by atoms with van der Waals surface area (Å²) in [6.07, 6.45) is 0. The van der Waals surface area contributed by atoms with Crippen molar-refractivity contribution in [3.05, 3.63) is 59.1 Å². The Labute approximate surface area is 152 Å². The lowest BCUT2D eigenvalue weighted by Crippen LogP contribution is -2.44. The van der Waals surface area contributed by atoms with Gasteiger partial charge in [0.05, 0.1) is 18.0 Å². The predicted octanol–water partition coefficient (Wildman–Crippen LogP) is 2.33. The Morgan fingerprint density at radius 2 is 1.80 bits per heavy atom. The molecule has 0 heterocycles. The molecule has 0 unspecified atom stereocenters. The highest BCUT2D eigenvalue weighted by Crippen LogP contribution is 2.16. The molecule has 2 rings (SSSR count). The van der Waals surface area contributed by atoms with E-state index in [0.717, 1.165) is 5.56 Å². The number of carbonyl (C=O) groups excluding carboxylic acids is 1. The van der Waals surface area contributed by atoms with Crippen molar-refractivity contribution in [3.63, 3.8) is 0 Å². The first-order valence-corrected chi connectivity index (χ1v) is 9.37. The van der Waals surface area contributed by atoms with Gasteiger partial charge in [-0.2, -0.15) is 4.72 Å². The Balaban J connectivity index is 1.98. The van der Waals surface area contributed by atoms with Crippen molar-refractivity contribution >= 4 is 27.5 Å². The third-order valence-electron chi connectivity index (χ3n) is 3.51. The number of sulfonamides is 1. The highest BCUT2D eigenvalue weighted by molar-refractivity contribution is 7.89. The molecule has 0 spiro atoms. The maximum atomic E-state index is 12.3. The summed E-state index contributed by atoms with van der Waals surface area (Å²) in [4.78, 5) is 12.2. The Morgan fingerprint density at radius 1 is 1.16 bits per heavy atom. The second-order valence-electron chi connectivity index (χ2n) is 5.33. The minimum atomic E-state index is -3.81. The van der Waals surface area contributed by atoms with Crippen molar-refractivity contribution in [1.82, 2.24) is 10.0 Å². The highest BCUT2D eigenvalue weighted by atomic mass is 35.5.